The molecule has 8 nitrogen and oxygen atoms in total. The van der Waals surface area contributed by atoms with Gasteiger partial charge in [0.25, 0.3) is 5.19 Å². The van der Waals surface area contributed by atoms with E-state index in [1.807, 2.05) is 0 Å². The van der Waals surface area contributed by atoms with Gasteiger partial charge in [0.05, 0.1) is 11.3 Å². The first-order valence-electron chi connectivity index (χ1n) is 9.12. The van der Waals surface area contributed by atoms with Gasteiger partial charge in [0, 0.05) is 43.5 Å². The topological polar surface area (TPSA) is 100 Å². The number of amidine groups is 1. The number of fused-ring (bicyclic) bond motifs is 1. The minimum absolute atomic E-state index is 0.00291. The largest absolute Gasteiger partial charge is 0.470 e. The molecule has 0 spiro atoms. The summed E-state index contributed by atoms with van der Waals surface area (Å²) in [6.45, 7) is 5.62. The molecule has 1 fully saturated rings. The Bertz CT molecular complexity index is 948. The molecule has 0 amide bonds. The van der Waals surface area contributed by atoms with Crippen LogP contribution in [-0.2, 0) is 0 Å². The van der Waals surface area contributed by atoms with Crippen molar-refractivity contribution in [3.63, 3.8) is 0 Å². The highest BCUT2D eigenvalue weighted by Crippen LogP contribution is 2.29. The predicted octanol–water partition coefficient (Wildman–Crippen LogP) is 2.44. The number of aromatic nitrogens is 2. The van der Waals surface area contributed by atoms with Crippen LogP contribution in [-0.4, -0.2) is 64.6 Å². The van der Waals surface area contributed by atoms with E-state index < -0.39 is 0 Å². The Labute approximate surface area is 171 Å². The van der Waals surface area contributed by atoms with Crippen LogP contribution in [0, 0.1) is 0 Å². The van der Waals surface area contributed by atoms with Crippen LogP contribution in [0.1, 0.15) is 12.1 Å². The second-order valence-corrected chi connectivity index (χ2v) is 8.14. The molecule has 0 saturated carbocycles. The Balaban J connectivity index is 1.20. The number of thiazole rings is 1. The molecule has 0 unspecified atom stereocenters. The summed E-state index contributed by atoms with van der Waals surface area (Å²) in [5.41, 5.74) is 5.95. The van der Waals surface area contributed by atoms with E-state index in [0.717, 1.165) is 45.0 Å². The van der Waals surface area contributed by atoms with Gasteiger partial charge in [0.15, 0.2) is 5.84 Å². The molecule has 1 aromatic carbocycles. The lowest BCUT2D eigenvalue weighted by molar-refractivity contribution is 0.224. The van der Waals surface area contributed by atoms with Crippen molar-refractivity contribution < 1.29 is 9.94 Å². The maximum atomic E-state index is 8.66. The molecule has 3 heterocycles. The maximum Gasteiger partial charge on any atom is 0.273 e. The molecular weight excluding hydrogens is 396 g/mol. The third-order valence-electron chi connectivity index (χ3n) is 4.73. The molecule has 1 saturated heterocycles. The van der Waals surface area contributed by atoms with Gasteiger partial charge in [0.2, 0.25) is 0 Å². The molecule has 0 radical (unpaired) electrons. The molecule has 0 aliphatic carbocycles. The first-order valence-corrected chi connectivity index (χ1v) is 10.8. The van der Waals surface area contributed by atoms with Crippen molar-refractivity contribution in [1.29, 1.82) is 0 Å². The van der Waals surface area contributed by atoms with Crippen molar-refractivity contribution in [2.75, 3.05) is 44.2 Å². The lowest BCUT2D eigenvalue weighted by Gasteiger charge is -2.35. The van der Waals surface area contributed by atoms with Crippen LogP contribution < -0.4 is 15.4 Å². The number of hydrogen-bond acceptors (Lipinski definition) is 9. The van der Waals surface area contributed by atoms with Crippen LogP contribution in [0.5, 0.6) is 5.19 Å². The van der Waals surface area contributed by atoms with Gasteiger partial charge < -0.3 is 20.6 Å². The smallest absolute Gasteiger partial charge is 0.273 e. The highest BCUT2D eigenvalue weighted by atomic mass is 32.1. The zero-order valence-electron chi connectivity index (χ0n) is 15.3. The average Bonchev–Trinajstić information content (AvgIpc) is 3.38. The van der Waals surface area contributed by atoms with E-state index in [1.165, 1.54) is 21.4 Å². The summed E-state index contributed by atoms with van der Waals surface area (Å²) in [4.78, 5) is 9.02. The van der Waals surface area contributed by atoms with Gasteiger partial charge >= 0.3 is 0 Å². The Morgan fingerprint density at radius 3 is 2.89 bits per heavy atom. The number of oxime groups is 1. The van der Waals surface area contributed by atoms with E-state index in [1.54, 1.807) is 16.9 Å². The van der Waals surface area contributed by atoms with Crippen LogP contribution in [0.25, 0.3) is 10.1 Å². The molecule has 3 N–H and O–H groups in total. The number of rotatable bonds is 7. The van der Waals surface area contributed by atoms with E-state index in [-0.39, 0.29) is 5.84 Å². The molecule has 2 aromatic heterocycles. The molecule has 28 heavy (non-hydrogen) atoms. The minimum atomic E-state index is -0.00291. The Hall–Kier alpha value is -2.43. The standard InChI is InChI=1S/C18H22N6O2S2/c19-16(21-25)14-12-27-18(20-14)26-11-3-6-23-7-9-24(10-8-23)17-13-4-1-2-5-15(13)28-22-17/h1-2,4-5,12,25H,3,6-11H2,(H2,19,21). The van der Waals surface area contributed by atoms with Crippen LogP contribution in [0.3, 0.4) is 0 Å². The molecule has 1 aliphatic rings. The number of hydrogen-bond donors (Lipinski definition) is 2. The van der Waals surface area contributed by atoms with E-state index in [2.05, 4.69) is 48.6 Å². The number of benzene rings is 1. The van der Waals surface area contributed by atoms with Crippen molar-refractivity contribution >= 4 is 44.6 Å². The second kappa shape index (κ2) is 8.72. The fourth-order valence-electron chi connectivity index (χ4n) is 3.22. The first kappa shape index (κ1) is 18.9. The van der Waals surface area contributed by atoms with E-state index in [0.29, 0.717) is 17.5 Å². The first-order chi connectivity index (χ1) is 13.7. The quantitative estimate of drug-likeness (QED) is 0.200. The van der Waals surface area contributed by atoms with Gasteiger partial charge in [-0.3, -0.25) is 4.90 Å². The monoisotopic (exact) mass is 418 g/mol. The Morgan fingerprint density at radius 2 is 2.07 bits per heavy atom. The Morgan fingerprint density at radius 1 is 1.25 bits per heavy atom. The molecule has 0 atom stereocenters. The third-order valence-corrected chi connectivity index (χ3v) is 6.30. The minimum Gasteiger partial charge on any atom is -0.470 e. The number of nitrogens with zero attached hydrogens (tertiary/aromatic N) is 5. The Kier molecular flexibility index (Phi) is 5.89. The van der Waals surface area contributed by atoms with Crippen LogP contribution in [0.15, 0.2) is 34.8 Å². The van der Waals surface area contributed by atoms with E-state index in [4.69, 9.17) is 15.7 Å². The third kappa shape index (κ3) is 4.18. The van der Waals surface area contributed by atoms with Gasteiger partial charge in [0.1, 0.15) is 11.5 Å². The highest BCUT2D eigenvalue weighted by Gasteiger charge is 2.20. The molecule has 1 aliphatic heterocycles. The number of nitrogens with two attached hydrogens (primary N) is 1. The summed E-state index contributed by atoms with van der Waals surface area (Å²) in [6.07, 6.45) is 0.929. The highest BCUT2D eigenvalue weighted by molar-refractivity contribution is 7.13. The molecule has 4 rings (SSSR count). The lowest BCUT2D eigenvalue weighted by Crippen LogP contribution is -2.47. The molecule has 3 aromatic rings. The molecule has 0 bridgehead atoms. The summed E-state index contributed by atoms with van der Waals surface area (Å²) >= 11 is 2.92. The number of piperazine rings is 1. The summed E-state index contributed by atoms with van der Waals surface area (Å²) in [6, 6.07) is 8.42. The van der Waals surface area contributed by atoms with Crippen molar-refractivity contribution in [3.8, 4) is 5.19 Å². The van der Waals surface area contributed by atoms with Crippen LogP contribution in [0.2, 0.25) is 0 Å². The van der Waals surface area contributed by atoms with Crippen molar-refractivity contribution in [1.82, 2.24) is 14.3 Å². The van der Waals surface area contributed by atoms with Crippen molar-refractivity contribution in [2.24, 2.45) is 10.9 Å². The molecule has 10 heteroatoms. The predicted molar refractivity (Wildman–Crippen MR) is 113 cm³/mol. The number of ether oxygens (including phenoxy) is 1. The van der Waals surface area contributed by atoms with Crippen molar-refractivity contribution in [3.05, 3.63) is 35.3 Å². The summed E-state index contributed by atoms with van der Waals surface area (Å²) < 4.78 is 11.6. The van der Waals surface area contributed by atoms with Crippen LogP contribution >= 0.6 is 22.9 Å². The van der Waals surface area contributed by atoms with E-state index in [9.17, 15) is 0 Å². The average molecular weight is 419 g/mol. The molecular formula is C18H22N6O2S2. The van der Waals surface area contributed by atoms with E-state index >= 15 is 0 Å². The SMILES string of the molecule is N/C(=N\O)c1csc(OCCCN2CCN(c3nsc4ccccc34)CC2)n1. The summed E-state index contributed by atoms with van der Waals surface area (Å²) in [5, 5.41) is 15.1. The van der Waals surface area contributed by atoms with Crippen molar-refractivity contribution in [2.45, 2.75) is 6.42 Å². The summed E-state index contributed by atoms with van der Waals surface area (Å²) in [5.74, 6) is 1.12. The summed E-state index contributed by atoms with van der Waals surface area (Å²) in [7, 11) is 0. The number of anilines is 1. The molecule has 148 valence electrons. The van der Waals surface area contributed by atoms with Gasteiger partial charge in [-0.15, -0.1) is 0 Å². The van der Waals surface area contributed by atoms with Gasteiger partial charge in [-0.2, -0.15) is 9.36 Å². The zero-order chi connectivity index (χ0) is 19.3. The lowest BCUT2D eigenvalue weighted by atomic mass is 10.2. The fraction of sp³-hybridized carbons (Fsp3) is 0.389. The van der Waals surface area contributed by atoms with Gasteiger partial charge in [-0.05, 0) is 30.1 Å². The van der Waals surface area contributed by atoms with Gasteiger partial charge in [-0.1, -0.05) is 28.6 Å². The maximum absolute atomic E-state index is 8.66. The zero-order valence-corrected chi connectivity index (χ0v) is 17.0. The second-order valence-electron chi connectivity index (χ2n) is 6.52. The normalized spacial score (nSPS) is 16.0. The van der Waals surface area contributed by atoms with Gasteiger partial charge in [-0.25, -0.2) is 0 Å². The van der Waals surface area contributed by atoms with Crippen LogP contribution in [0.4, 0.5) is 5.82 Å². The fourth-order valence-corrected chi connectivity index (χ4v) is 4.71.